The van der Waals surface area contributed by atoms with Gasteiger partial charge in [0.25, 0.3) is 0 Å². The highest BCUT2D eigenvalue weighted by Crippen LogP contribution is 2.39. The second-order valence-corrected chi connectivity index (χ2v) is 4.77. The van der Waals surface area contributed by atoms with Gasteiger partial charge in [-0.2, -0.15) is 0 Å². The lowest BCUT2D eigenvalue weighted by molar-refractivity contribution is 0.935. The number of fused-ring (bicyclic) bond motifs is 2. The van der Waals surface area contributed by atoms with Gasteiger partial charge in [0.1, 0.15) is 5.65 Å². The smallest absolute Gasteiger partial charge is 0.138 e. The van der Waals surface area contributed by atoms with Crippen LogP contribution in [-0.4, -0.2) is 17.0 Å². The lowest BCUT2D eigenvalue weighted by Crippen LogP contribution is -2.15. The highest BCUT2D eigenvalue weighted by molar-refractivity contribution is 6.00. The van der Waals surface area contributed by atoms with Crippen molar-refractivity contribution in [2.75, 3.05) is 11.9 Å². The summed E-state index contributed by atoms with van der Waals surface area (Å²) in [7, 11) is 2.14. The van der Waals surface area contributed by atoms with Gasteiger partial charge in [-0.15, -0.1) is 0 Å². The topological polar surface area (TPSA) is 31.9 Å². The van der Waals surface area contributed by atoms with Crippen molar-refractivity contribution >= 4 is 16.7 Å². The standard InChI is InChI=1S/C15H13N3/c1-18-9-10-8-17-15-14(10)12(6-7-16-15)11-4-2-3-5-13(11)18/h2-8H,9H2,1H3,(H,16,17). The van der Waals surface area contributed by atoms with Gasteiger partial charge >= 0.3 is 0 Å². The maximum Gasteiger partial charge on any atom is 0.138 e. The van der Waals surface area contributed by atoms with Crippen LogP contribution in [0.15, 0.2) is 42.7 Å². The highest BCUT2D eigenvalue weighted by Gasteiger charge is 2.19. The zero-order valence-corrected chi connectivity index (χ0v) is 10.1. The minimum atomic E-state index is 0.912. The quantitative estimate of drug-likeness (QED) is 0.649. The normalized spacial score (nSPS) is 13.5. The van der Waals surface area contributed by atoms with Crippen molar-refractivity contribution in [3.8, 4) is 11.1 Å². The van der Waals surface area contributed by atoms with E-state index in [1.54, 1.807) is 0 Å². The van der Waals surface area contributed by atoms with Gasteiger partial charge in [0.2, 0.25) is 0 Å². The van der Waals surface area contributed by atoms with Crippen LogP contribution < -0.4 is 4.90 Å². The number of hydrogen-bond acceptors (Lipinski definition) is 2. The van der Waals surface area contributed by atoms with Crippen LogP contribution in [0.25, 0.3) is 22.2 Å². The summed E-state index contributed by atoms with van der Waals surface area (Å²) in [6.07, 6.45) is 3.95. The summed E-state index contributed by atoms with van der Waals surface area (Å²) < 4.78 is 0. The summed E-state index contributed by atoms with van der Waals surface area (Å²) in [5.41, 5.74) is 6.13. The Kier molecular flexibility index (Phi) is 1.81. The summed E-state index contributed by atoms with van der Waals surface area (Å²) in [5, 5.41) is 1.26. The molecule has 0 aliphatic carbocycles. The predicted octanol–water partition coefficient (Wildman–Crippen LogP) is 3.18. The molecule has 88 valence electrons. The van der Waals surface area contributed by atoms with Crippen LogP contribution in [0.4, 0.5) is 5.69 Å². The Morgan fingerprint density at radius 1 is 1.17 bits per heavy atom. The number of nitrogens with zero attached hydrogens (tertiary/aromatic N) is 2. The Bertz CT molecular complexity index is 742. The molecule has 0 bridgehead atoms. The number of pyridine rings is 1. The molecule has 3 aromatic rings. The van der Waals surface area contributed by atoms with Gasteiger partial charge in [0.05, 0.1) is 0 Å². The molecule has 0 amide bonds. The number of nitrogens with one attached hydrogen (secondary N) is 1. The van der Waals surface area contributed by atoms with E-state index in [9.17, 15) is 0 Å². The van der Waals surface area contributed by atoms with Gasteiger partial charge in [-0.05, 0) is 23.3 Å². The SMILES string of the molecule is CN1Cc2c[nH]c3nccc(c23)-c2ccccc21. The van der Waals surface area contributed by atoms with Crippen LogP contribution in [0.1, 0.15) is 5.56 Å². The fourth-order valence-electron chi connectivity index (χ4n) is 2.85. The third-order valence-corrected chi connectivity index (χ3v) is 3.67. The van der Waals surface area contributed by atoms with E-state index in [2.05, 4.69) is 58.4 Å². The zero-order chi connectivity index (χ0) is 12.1. The van der Waals surface area contributed by atoms with E-state index in [0.717, 1.165) is 12.2 Å². The van der Waals surface area contributed by atoms with Crippen LogP contribution in [0.3, 0.4) is 0 Å². The number of anilines is 1. The van der Waals surface area contributed by atoms with Crippen molar-refractivity contribution in [1.29, 1.82) is 0 Å². The molecule has 4 rings (SSSR count). The third-order valence-electron chi connectivity index (χ3n) is 3.67. The molecule has 3 heterocycles. The third kappa shape index (κ3) is 1.16. The predicted molar refractivity (Wildman–Crippen MR) is 73.6 cm³/mol. The zero-order valence-electron chi connectivity index (χ0n) is 10.1. The molecule has 0 atom stereocenters. The molecule has 0 unspecified atom stereocenters. The Morgan fingerprint density at radius 3 is 3.00 bits per heavy atom. The molecule has 3 nitrogen and oxygen atoms in total. The largest absolute Gasteiger partial charge is 0.370 e. The van der Waals surface area contributed by atoms with E-state index >= 15 is 0 Å². The Morgan fingerprint density at radius 2 is 2.06 bits per heavy atom. The van der Waals surface area contributed by atoms with Crippen molar-refractivity contribution in [2.24, 2.45) is 0 Å². The molecule has 0 spiro atoms. The summed E-state index contributed by atoms with van der Waals surface area (Å²) >= 11 is 0. The number of aromatic nitrogens is 2. The molecule has 1 aromatic carbocycles. The van der Waals surface area contributed by atoms with E-state index in [1.807, 2.05) is 6.20 Å². The van der Waals surface area contributed by atoms with Crippen LogP contribution in [0.2, 0.25) is 0 Å². The van der Waals surface area contributed by atoms with Crippen LogP contribution in [0.5, 0.6) is 0 Å². The summed E-state index contributed by atoms with van der Waals surface area (Å²) in [6, 6.07) is 10.7. The fourth-order valence-corrected chi connectivity index (χ4v) is 2.85. The Hall–Kier alpha value is -2.29. The monoisotopic (exact) mass is 235 g/mol. The molecular weight excluding hydrogens is 222 g/mol. The average molecular weight is 235 g/mol. The summed E-state index contributed by atoms with van der Waals surface area (Å²) in [4.78, 5) is 9.96. The molecule has 0 fully saturated rings. The average Bonchev–Trinajstić information content (AvgIpc) is 2.76. The molecule has 0 saturated carbocycles. The summed E-state index contributed by atoms with van der Waals surface area (Å²) in [6.45, 7) is 0.912. The molecule has 0 saturated heterocycles. The molecule has 2 aromatic heterocycles. The lowest BCUT2D eigenvalue weighted by Gasteiger charge is -2.19. The van der Waals surface area contributed by atoms with Gasteiger partial charge in [0.15, 0.2) is 0 Å². The number of aromatic amines is 1. The maximum atomic E-state index is 4.41. The Labute approximate surface area is 105 Å². The van der Waals surface area contributed by atoms with Crippen molar-refractivity contribution in [3.63, 3.8) is 0 Å². The van der Waals surface area contributed by atoms with Crippen molar-refractivity contribution < 1.29 is 0 Å². The second kappa shape index (κ2) is 3.35. The van der Waals surface area contributed by atoms with Gasteiger partial charge in [-0.1, -0.05) is 18.2 Å². The molecule has 1 N–H and O–H groups in total. The van der Waals surface area contributed by atoms with E-state index in [0.29, 0.717) is 0 Å². The first-order chi connectivity index (χ1) is 8.84. The van der Waals surface area contributed by atoms with Crippen LogP contribution in [0, 0.1) is 0 Å². The molecular formula is C15H13N3. The first kappa shape index (κ1) is 9.71. The minimum absolute atomic E-state index is 0.912. The molecule has 3 heteroatoms. The van der Waals surface area contributed by atoms with Crippen LogP contribution >= 0.6 is 0 Å². The number of benzene rings is 1. The first-order valence-electron chi connectivity index (χ1n) is 6.10. The van der Waals surface area contributed by atoms with Gasteiger partial charge in [-0.25, -0.2) is 4.98 Å². The second-order valence-electron chi connectivity index (χ2n) is 4.77. The van der Waals surface area contributed by atoms with Crippen molar-refractivity contribution in [3.05, 3.63) is 48.3 Å². The number of hydrogen-bond donors (Lipinski definition) is 1. The summed E-state index contributed by atoms with van der Waals surface area (Å²) in [5.74, 6) is 0. The lowest BCUT2D eigenvalue weighted by atomic mass is 10.0. The van der Waals surface area contributed by atoms with E-state index in [1.165, 1.54) is 27.8 Å². The minimum Gasteiger partial charge on any atom is -0.370 e. The fraction of sp³-hybridized carbons (Fsp3) is 0.133. The maximum absolute atomic E-state index is 4.41. The highest BCUT2D eigenvalue weighted by atomic mass is 15.1. The van der Waals surface area contributed by atoms with E-state index < -0.39 is 0 Å². The number of para-hydroxylation sites is 1. The van der Waals surface area contributed by atoms with Crippen molar-refractivity contribution in [1.82, 2.24) is 9.97 Å². The molecule has 18 heavy (non-hydrogen) atoms. The molecule has 1 aliphatic rings. The first-order valence-corrected chi connectivity index (χ1v) is 6.10. The number of H-pyrrole nitrogens is 1. The van der Waals surface area contributed by atoms with E-state index in [-0.39, 0.29) is 0 Å². The molecule has 0 radical (unpaired) electrons. The van der Waals surface area contributed by atoms with Crippen LogP contribution in [-0.2, 0) is 6.54 Å². The van der Waals surface area contributed by atoms with Gasteiger partial charge in [0, 0.05) is 42.6 Å². The number of rotatable bonds is 0. The molecule has 1 aliphatic heterocycles. The van der Waals surface area contributed by atoms with Gasteiger partial charge in [-0.3, -0.25) is 0 Å². The van der Waals surface area contributed by atoms with Crippen molar-refractivity contribution in [2.45, 2.75) is 6.54 Å². The van der Waals surface area contributed by atoms with Gasteiger partial charge < -0.3 is 9.88 Å². The Balaban J connectivity index is 2.18. The van der Waals surface area contributed by atoms with E-state index in [4.69, 9.17) is 0 Å².